The first-order valence-electron chi connectivity index (χ1n) is 6.52. The average Bonchev–Trinajstić information content (AvgIpc) is 2.20. The molecule has 0 aromatic carbocycles. The van der Waals surface area contributed by atoms with Crippen LogP contribution in [0.1, 0.15) is 27.2 Å². The third-order valence-electron chi connectivity index (χ3n) is 2.83. The van der Waals surface area contributed by atoms with Gasteiger partial charge in [-0.05, 0) is 11.8 Å². The monoisotopic (exact) mass is 294 g/mol. The molecule has 2 nitrogen and oxygen atoms in total. The van der Waals surface area contributed by atoms with Gasteiger partial charge in [0.25, 0.3) is 0 Å². The maximum atomic E-state index is 5.29. The van der Waals surface area contributed by atoms with Gasteiger partial charge < -0.3 is 9.47 Å². The van der Waals surface area contributed by atoms with E-state index in [4.69, 9.17) is 9.47 Å². The highest BCUT2D eigenvalue weighted by Crippen LogP contribution is 2.35. The molecule has 0 radical (unpaired) electrons. The van der Waals surface area contributed by atoms with E-state index in [-0.39, 0.29) is 15.4 Å². The van der Waals surface area contributed by atoms with Gasteiger partial charge in [0.1, 0.15) is 5.91 Å². The summed E-state index contributed by atoms with van der Waals surface area (Å²) in [5.74, 6) is 0.108. The van der Waals surface area contributed by atoms with Crippen LogP contribution in [-0.4, -0.2) is 42.8 Å². The van der Waals surface area contributed by atoms with E-state index in [1.807, 2.05) is 0 Å². The van der Waals surface area contributed by atoms with Gasteiger partial charge in [0, 0.05) is 19.5 Å². The summed E-state index contributed by atoms with van der Waals surface area (Å²) < 4.78 is 10.6. The van der Waals surface area contributed by atoms with Crippen molar-refractivity contribution in [2.75, 3.05) is 14.2 Å². The largest absolute Gasteiger partial charge is 0.360 e. The van der Waals surface area contributed by atoms with Gasteiger partial charge in [0.15, 0.2) is 0 Å². The number of methoxy groups -OCH3 is 2. The van der Waals surface area contributed by atoms with Crippen LogP contribution in [0.25, 0.3) is 0 Å². The molecule has 0 amide bonds. The molecule has 0 N–H and O–H groups in total. The molecule has 0 aliphatic rings. The fourth-order valence-corrected chi connectivity index (χ4v) is 8.55. The van der Waals surface area contributed by atoms with Crippen molar-refractivity contribution in [2.24, 2.45) is 5.41 Å². The van der Waals surface area contributed by atoms with Crippen LogP contribution in [0, 0.1) is 5.41 Å². The Morgan fingerprint density at radius 2 is 1.71 bits per heavy atom. The molecule has 0 aliphatic carbocycles. The molecule has 0 fully saturated rings. The predicted molar refractivity (Wildman–Crippen MR) is 85.5 cm³/mol. The highest BCUT2D eigenvalue weighted by Gasteiger charge is 2.25. The van der Waals surface area contributed by atoms with Crippen LogP contribution < -0.4 is 0 Å². The lowest BCUT2D eigenvalue weighted by Gasteiger charge is -2.32. The van der Waals surface area contributed by atoms with Gasteiger partial charge >= 0.3 is 0 Å². The summed E-state index contributed by atoms with van der Waals surface area (Å²) in [6.45, 7) is 12.0. The topological polar surface area (TPSA) is 18.5 Å². The summed E-state index contributed by atoms with van der Waals surface area (Å²) in [7, 11) is 2.70. The summed E-state index contributed by atoms with van der Waals surface area (Å²) in [5.41, 5.74) is 0.423. The van der Waals surface area contributed by atoms with Crippen molar-refractivity contribution in [1.29, 1.82) is 0 Å². The Morgan fingerprint density at radius 3 is 2.06 bits per heavy atom. The van der Waals surface area contributed by atoms with E-state index in [2.05, 4.69) is 45.1 Å². The Hall–Kier alpha value is 0.704. The van der Waals surface area contributed by atoms with E-state index in [1.165, 1.54) is 12.5 Å². The fraction of sp³-hybridized carbons (Fsp3) is 1.00. The first-order valence-corrected chi connectivity index (χ1v) is 13.0. The zero-order valence-electron chi connectivity index (χ0n) is 12.6. The number of hydrogen-bond donors (Lipinski definition) is 0. The van der Waals surface area contributed by atoms with Crippen LogP contribution in [0.4, 0.5) is 0 Å². The lowest BCUT2D eigenvalue weighted by Crippen LogP contribution is -2.28. The van der Waals surface area contributed by atoms with Gasteiger partial charge in [-0.25, -0.2) is 0 Å². The molecule has 0 saturated heterocycles. The van der Waals surface area contributed by atoms with Crippen molar-refractivity contribution in [2.45, 2.75) is 57.5 Å². The molecule has 104 valence electrons. The molecule has 0 bridgehead atoms. The first kappa shape index (κ1) is 17.7. The van der Waals surface area contributed by atoms with Gasteiger partial charge in [-0.15, -0.1) is 0 Å². The third-order valence-corrected chi connectivity index (χ3v) is 9.22. The lowest BCUT2D eigenvalue weighted by atomic mass is 9.90. The minimum Gasteiger partial charge on any atom is -0.360 e. The molecule has 0 aliphatic heterocycles. The average molecular weight is 295 g/mol. The third kappa shape index (κ3) is 8.43. The zero-order valence-corrected chi connectivity index (χ0v) is 16.0. The van der Waals surface area contributed by atoms with Crippen molar-refractivity contribution >= 4 is 28.7 Å². The molecule has 5 heteroatoms. The van der Waals surface area contributed by atoms with E-state index in [1.54, 1.807) is 14.2 Å². The quantitative estimate of drug-likeness (QED) is 0.506. The number of hydrogen-bond acceptors (Lipinski definition) is 3. The van der Waals surface area contributed by atoms with Gasteiger partial charge in [0.05, 0.1) is 17.5 Å². The summed E-state index contributed by atoms with van der Waals surface area (Å²) in [5, 5.41) is 0.802. The summed E-state index contributed by atoms with van der Waals surface area (Å²) in [4.78, 5) is 0. The normalized spacial score (nSPS) is 15.4. The molecular weight excluding hydrogens is 264 g/mol. The van der Waals surface area contributed by atoms with Crippen LogP contribution >= 0.6 is 11.2 Å². The smallest absolute Gasteiger partial charge is 0.134 e. The SMILES string of the molecule is COC(OC)[SiH2]CCC(S[SiH](C)C)C(C)(C)C. The molecule has 0 aromatic rings. The second-order valence-electron chi connectivity index (χ2n) is 5.87. The standard InChI is InChI=1S/C12H30O2SSi2/c1-12(2,3)10(15-17(6)7)8-9-16-11(13-4)14-5/h10-11,17H,8-9,16H2,1-7H3. The highest BCUT2D eigenvalue weighted by molar-refractivity contribution is 8.25. The first-order chi connectivity index (χ1) is 7.81. The Labute approximate surface area is 115 Å². The van der Waals surface area contributed by atoms with Gasteiger partial charge in [-0.3, -0.25) is 0 Å². The molecule has 17 heavy (non-hydrogen) atoms. The summed E-state index contributed by atoms with van der Waals surface area (Å²) in [6, 6.07) is 1.32. The van der Waals surface area contributed by atoms with Crippen LogP contribution in [0.2, 0.25) is 19.1 Å². The number of rotatable bonds is 8. The molecule has 0 heterocycles. The minimum absolute atomic E-state index is 0.108. The van der Waals surface area contributed by atoms with Crippen molar-refractivity contribution in [1.82, 2.24) is 0 Å². The van der Waals surface area contributed by atoms with Crippen LogP contribution in [0.3, 0.4) is 0 Å². The van der Waals surface area contributed by atoms with E-state index in [0.29, 0.717) is 5.41 Å². The Kier molecular flexibility index (Phi) is 9.11. The number of ether oxygens (including phenoxy) is 2. The zero-order chi connectivity index (χ0) is 13.5. The van der Waals surface area contributed by atoms with Crippen molar-refractivity contribution in [3.05, 3.63) is 0 Å². The second kappa shape index (κ2) is 8.74. The fourth-order valence-electron chi connectivity index (χ4n) is 1.84. The molecule has 1 unspecified atom stereocenters. The lowest BCUT2D eigenvalue weighted by molar-refractivity contribution is -0.0441. The molecular formula is C12H30O2SSi2. The van der Waals surface area contributed by atoms with Crippen LogP contribution in [0.15, 0.2) is 0 Å². The summed E-state index contributed by atoms with van der Waals surface area (Å²) in [6.07, 6.45) is 1.33. The van der Waals surface area contributed by atoms with Crippen molar-refractivity contribution < 1.29 is 9.47 Å². The van der Waals surface area contributed by atoms with Crippen molar-refractivity contribution in [3.8, 4) is 0 Å². The molecule has 0 rings (SSSR count). The van der Waals surface area contributed by atoms with Gasteiger partial charge in [-0.2, -0.15) is 11.2 Å². The molecule has 0 aromatic heterocycles. The maximum Gasteiger partial charge on any atom is 0.134 e. The predicted octanol–water partition coefficient (Wildman–Crippen LogP) is 2.67. The summed E-state index contributed by atoms with van der Waals surface area (Å²) >= 11 is 2.25. The molecule has 0 saturated carbocycles. The van der Waals surface area contributed by atoms with E-state index >= 15 is 0 Å². The van der Waals surface area contributed by atoms with Crippen LogP contribution in [0.5, 0.6) is 0 Å². The van der Waals surface area contributed by atoms with E-state index in [9.17, 15) is 0 Å². The Morgan fingerprint density at radius 1 is 1.18 bits per heavy atom. The maximum absolute atomic E-state index is 5.29. The molecule has 0 spiro atoms. The minimum atomic E-state index is -0.540. The van der Waals surface area contributed by atoms with Crippen LogP contribution in [-0.2, 0) is 9.47 Å². The van der Waals surface area contributed by atoms with Crippen molar-refractivity contribution in [3.63, 3.8) is 0 Å². The van der Waals surface area contributed by atoms with Gasteiger partial charge in [-0.1, -0.05) is 39.9 Å². The molecule has 1 atom stereocenters. The van der Waals surface area contributed by atoms with E-state index < -0.39 is 7.95 Å². The Balaban J connectivity index is 4.09. The highest BCUT2D eigenvalue weighted by atomic mass is 32.4. The van der Waals surface area contributed by atoms with Gasteiger partial charge in [0.2, 0.25) is 0 Å². The Bertz CT molecular complexity index is 191. The second-order valence-corrected chi connectivity index (χ2v) is 14.4. The van der Waals surface area contributed by atoms with E-state index in [0.717, 1.165) is 5.25 Å².